The summed E-state index contributed by atoms with van der Waals surface area (Å²) in [6.07, 6.45) is 3.04. The van der Waals surface area contributed by atoms with E-state index in [-0.39, 0.29) is 11.7 Å². The number of halogens is 1. The minimum atomic E-state index is -0.403. The fourth-order valence-electron chi connectivity index (χ4n) is 2.13. The summed E-state index contributed by atoms with van der Waals surface area (Å²) in [7, 11) is 0. The molecule has 0 heterocycles. The van der Waals surface area contributed by atoms with Crippen molar-refractivity contribution in [3.8, 4) is 0 Å². The van der Waals surface area contributed by atoms with E-state index in [0.29, 0.717) is 10.5 Å². The minimum absolute atomic E-state index is 0.0821. The zero-order chi connectivity index (χ0) is 12.4. The molecule has 0 aromatic heterocycles. The fourth-order valence-corrected chi connectivity index (χ4v) is 2.65. The molecule has 0 spiro atoms. The summed E-state index contributed by atoms with van der Waals surface area (Å²) in [4.78, 5) is 10.3. The largest absolute Gasteiger partial charge is 0.382 e. The number of nitrogens with one attached hydrogen (secondary N) is 1. The van der Waals surface area contributed by atoms with Gasteiger partial charge in [-0.15, -0.1) is 0 Å². The second-order valence-corrected chi connectivity index (χ2v) is 5.19. The minimum Gasteiger partial charge on any atom is -0.382 e. The van der Waals surface area contributed by atoms with Crippen LogP contribution in [0, 0.1) is 10.1 Å². The lowest BCUT2D eigenvalue weighted by Crippen LogP contribution is -2.20. The highest BCUT2D eigenvalue weighted by Gasteiger charge is 2.22. The van der Waals surface area contributed by atoms with Crippen molar-refractivity contribution in [2.45, 2.75) is 31.3 Å². The summed E-state index contributed by atoms with van der Waals surface area (Å²) in [6.45, 7) is 0. The van der Waals surface area contributed by atoms with E-state index in [4.69, 9.17) is 5.73 Å². The highest BCUT2D eigenvalue weighted by molar-refractivity contribution is 9.10. The third kappa shape index (κ3) is 2.95. The summed E-state index contributed by atoms with van der Waals surface area (Å²) in [5.41, 5.74) is 6.81. The summed E-state index contributed by atoms with van der Waals surface area (Å²) in [5.74, 6) is 0. The maximum absolute atomic E-state index is 10.7. The van der Waals surface area contributed by atoms with Crippen LogP contribution in [-0.2, 0) is 0 Å². The van der Waals surface area contributed by atoms with Crippen molar-refractivity contribution in [3.05, 3.63) is 32.8 Å². The first-order chi connectivity index (χ1) is 8.06. The van der Waals surface area contributed by atoms with Crippen molar-refractivity contribution in [2.24, 2.45) is 5.73 Å². The first kappa shape index (κ1) is 12.3. The van der Waals surface area contributed by atoms with Crippen molar-refractivity contribution in [3.63, 3.8) is 0 Å². The van der Waals surface area contributed by atoms with Gasteiger partial charge < -0.3 is 11.1 Å². The van der Waals surface area contributed by atoms with Gasteiger partial charge in [0.2, 0.25) is 0 Å². The average molecular weight is 300 g/mol. The molecule has 1 fully saturated rings. The number of nitrogens with zero attached hydrogens (tertiary/aromatic N) is 1. The predicted molar refractivity (Wildman–Crippen MR) is 70.0 cm³/mol. The third-order valence-electron chi connectivity index (χ3n) is 2.99. The molecule has 1 aromatic rings. The standard InChI is InChI=1S/C11H14BrN3O2/c12-10-6-9(3-4-11(10)15(16)17)14-8-2-1-7(13)5-8/h3-4,6-8,14H,1-2,5,13H2. The molecule has 0 radical (unpaired) electrons. The smallest absolute Gasteiger partial charge is 0.283 e. The van der Waals surface area contributed by atoms with Crippen LogP contribution in [0.15, 0.2) is 22.7 Å². The quantitative estimate of drug-likeness (QED) is 0.664. The van der Waals surface area contributed by atoms with Crippen LogP contribution in [-0.4, -0.2) is 17.0 Å². The molecule has 1 aromatic carbocycles. The molecule has 1 aliphatic rings. The topological polar surface area (TPSA) is 81.2 Å². The van der Waals surface area contributed by atoms with Crippen LogP contribution in [0.4, 0.5) is 11.4 Å². The van der Waals surface area contributed by atoms with Crippen molar-refractivity contribution in [1.29, 1.82) is 0 Å². The molecule has 17 heavy (non-hydrogen) atoms. The predicted octanol–water partition coefficient (Wildman–Crippen LogP) is 2.65. The lowest BCUT2D eigenvalue weighted by molar-refractivity contribution is -0.385. The van der Waals surface area contributed by atoms with Gasteiger partial charge in [-0.2, -0.15) is 0 Å². The van der Waals surface area contributed by atoms with Gasteiger partial charge in [-0.05, 0) is 47.3 Å². The van der Waals surface area contributed by atoms with Gasteiger partial charge in [0.25, 0.3) is 5.69 Å². The first-order valence-electron chi connectivity index (χ1n) is 5.52. The van der Waals surface area contributed by atoms with E-state index in [0.717, 1.165) is 24.9 Å². The van der Waals surface area contributed by atoms with E-state index in [1.165, 1.54) is 6.07 Å². The highest BCUT2D eigenvalue weighted by Crippen LogP contribution is 2.29. The van der Waals surface area contributed by atoms with E-state index in [1.807, 2.05) is 0 Å². The molecule has 2 atom stereocenters. The summed E-state index contributed by atoms with van der Waals surface area (Å²) in [6, 6.07) is 5.61. The first-order valence-corrected chi connectivity index (χ1v) is 6.31. The number of anilines is 1. The van der Waals surface area contributed by atoms with Gasteiger partial charge in [0, 0.05) is 23.8 Å². The van der Waals surface area contributed by atoms with Crippen molar-refractivity contribution < 1.29 is 4.92 Å². The Hall–Kier alpha value is -1.14. The van der Waals surface area contributed by atoms with E-state index < -0.39 is 4.92 Å². The molecule has 3 N–H and O–H groups in total. The molecule has 6 heteroatoms. The second-order valence-electron chi connectivity index (χ2n) is 4.34. The van der Waals surface area contributed by atoms with E-state index in [2.05, 4.69) is 21.2 Å². The average Bonchev–Trinajstić information content (AvgIpc) is 2.63. The zero-order valence-corrected chi connectivity index (χ0v) is 10.8. The highest BCUT2D eigenvalue weighted by atomic mass is 79.9. The molecule has 92 valence electrons. The molecule has 0 amide bonds. The van der Waals surface area contributed by atoms with Crippen molar-refractivity contribution in [1.82, 2.24) is 0 Å². The van der Waals surface area contributed by atoms with Crippen LogP contribution in [0.3, 0.4) is 0 Å². The number of nitrogens with two attached hydrogens (primary N) is 1. The Labute approximate surface area is 108 Å². The van der Waals surface area contributed by atoms with Gasteiger partial charge in [-0.1, -0.05) is 0 Å². The number of nitro groups is 1. The normalized spacial score (nSPS) is 23.6. The number of hydrogen-bond donors (Lipinski definition) is 2. The molecule has 1 saturated carbocycles. The van der Waals surface area contributed by atoms with Crippen molar-refractivity contribution >= 4 is 27.3 Å². The molecule has 0 saturated heterocycles. The monoisotopic (exact) mass is 299 g/mol. The van der Waals surface area contributed by atoms with Crippen LogP contribution >= 0.6 is 15.9 Å². The Morgan fingerprint density at radius 2 is 2.24 bits per heavy atom. The van der Waals surface area contributed by atoms with Gasteiger partial charge >= 0.3 is 0 Å². The summed E-state index contributed by atoms with van der Waals surface area (Å²) in [5, 5.41) is 14.0. The Kier molecular flexibility index (Phi) is 3.63. The van der Waals surface area contributed by atoms with Crippen LogP contribution in [0.25, 0.3) is 0 Å². The molecule has 2 unspecified atom stereocenters. The number of rotatable bonds is 3. The van der Waals surface area contributed by atoms with Gasteiger partial charge in [0.15, 0.2) is 0 Å². The van der Waals surface area contributed by atoms with Gasteiger partial charge in [-0.25, -0.2) is 0 Å². The Bertz CT molecular complexity index is 439. The SMILES string of the molecule is NC1CCC(Nc2ccc([N+](=O)[O-])c(Br)c2)C1. The number of nitro benzene ring substituents is 1. The zero-order valence-electron chi connectivity index (χ0n) is 9.23. The summed E-state index contributed by atoms with van der Waals surface area (Å²) < 4.78 is 0.495. The van der Waals surface area contributed by atoms with Gasteiger partial charge in [0.05, 0.1) is 9.40 Å². The number of benzene rings is 1. The van der Waals surface area contributed by atoms with Crippen LogP contribution in [0.5, 0.6) is 0 Å². The second kappa shape index (κ2) is 5.01. The van der Waals surface area contributed by atoms with Crippen LogP contribution in [0.2, 0.25) is 0 Å². The molecular formula is C11H14BrN3O2. The maximum Gasteiger partial charge on any atom is 0.283 e. The van der Waals surface area contributed by atoms with Crippen molar-refractivity contribution in [2.75, 3.05) is 5.32 Å². The third-order valence-corrected chi connectivity index (χ3v) is 3.62. The molecular weight excluding hydrogens is 286 g/mol. The number of hydrogen-bond acceptors (Lipinski definition) is 4. The molecule has 1 aliphatic carbocycles. The Morgan fingerprint density at radius 3 is 2.76 bits per heavy atom. The van der Waals surface area contributed by atoms with E-state index in [9.17, 15) is 10.1 Å². The molecule has 0 aliphatic heterocycles. The van der Waals surface area contributed by atoms with Gasteiger partial charge in [-0.3, -0.25) is 10.1 Å². The lowest BCUT2D eigenvalue weighted by Gasteiger charge is -2.14. The van der Waals surface area contributed by atoms with E-state index >= 15 is 0 Å². The lowest BCUT2D eigenvalue weighted by atomic mass is 10.2. The van der Waals surface area contributed by atoms with Gasteiger partial charge in [0.1, 0.15) is 0 Å². The molecule has 5 nitrogen and oxygen atoms in total. The Morgan fingerprint density at radius 1 is 1.47 bits per heavy atom. The Balaban J connectivity index is 2.07. The molecule has 0 bridgehead atoms. The van der Waals surface area contributed by atoms with Crippen LogP contribution in [0.1, 0.15) is 19.3 Å². The fraction of sp³-hybridized carbons (Fsp3) is 0.455. The molecule has 2 rings (SSSR count). The van der Waals surface area contributed by atoms with Crippen LogP contribution < -0.4 is 11.1 Å². The van der Waals surface area contributed by atoms with E-state index in [1.54, 1.807) is 12.1 Å². The summed E-state index contributed by atoms with van der Waals surface area (Å²) >= 11 is 3.20. The maximum atomic E-state index is 10.7.